The summed E-state index contributed by atoms with van der Waals surface area (Å²) in [6.45, 7) is 2.49. The minimum atomic E-state index is -3.69. The topological polar surface area (TPSA) is 164 Å². The Morgan fingerprint density at radius 3 is 2.18 bits per heavy atom. The molecule has 0 aromatic heterocycles. The number of nitrogens with one attached hydrogen (secondary N) is 2. The molecule has 0 spiro atoms. The first-order chi connectivity index (χ1) is 17.9. The Kier molecular flexibility index (Phi) is 9.26. The summed E-state index contributed by atoms with van der Waals surface area (Å²) >= 11 is 0. The van der Waals surface area contributed by atoms with Gasteiger partial charge in [-0.05, 0) is 36.1 Å². The van der Waals surface area contributed by atoms with E-state index < -0.39 is 38.5 Å². The van der Waals surface area contributed by atoms with Crippen LogP contribution in [0, 0.1) is 0 Å². The predicted octanol–water partition coefficient (Wildman–Crippen LogP) is 1.73. The van der Waals surface area contributed by atoms with E-state index in [-0.39, 0.29) is 19.1 Å². The van der Waals surface area contributed by atoms with Gasteiger partial charge in [-0.25, -0.2) is 13.9 Å². The number of carbonyl (C=O) groups excluding carboxylic acids is 2. The fourth-order valence-electron chi connectivity index (χ4n) is 4.12. The molecule has 1 heterocycles. The molecule has 2 aromatic rings. The summed E-state index contributed by atoms with van der Waals surface area (Å²) in [7, 11) is -2.14. The largest absolute Gasteiger partial charge is 0.393 e. The highest BCUT2D eigenvalue weighted by Gasteiger charge is 2.41. The van der Waals surface area contributed by atoms with E-state index in [0.717, 1.165) is 28.5 Å². The van der Waals surface area contributed by atoms with Crippen LogP contribution in [0.4, 0.5) is 0 Å². The lowest BCUT2D eigenvalue weighted by atomic mass is 9.90. The van der Waals surface area contributed by atoms with Crippen LogP contribution in [0.5, 0.6) is 0 Å². The number of nitrogens with zero attached hydrogens (tertiary/aromatic N) is 1. The highest BCUT2D eigenvalue weighted by molar-refractivity contribution is 7.92. The summed E-state index contributed by atoms with van der Waals surface area (Å²) in [5.74, 6) is -1.77. The van der Waals surface area contributed by atoms with E-state index in [2.05, 4.69) is 10.5 Å². The first kappa shape index (κ1) is 29.2. The number of benzene rings is 2. The van der Waals surface area contributed by atoms with Gasteiger partial charge in [0.25, 0.3) is 5.91 Å². The Labute approximate surface area is 221 Å². The smallest absolute Gasteiger partial charge is 0.268 e. The van der Waals surface area contributed by atoms with Crippen LogP contribution >= 0.6 is 0 Å². The number of aliphatic hydroxyl groups is 1. The van der Waals surface area contributed by atoms with E-state index >= 15 is 0 Å². The van der Waals surface area contributed by atoms with Crippen LogP contribution < -0.4 is 10.8 Å². The molecule has 11 nitrogen and oxygen atoms in total. The number of hydrogen-bond donors (Lipinski definition) is 4. The number of hydrogen-bond acceptors (Lipinski definition) is 9. The molecule has 1 aliphatic rings. The van der Waals surface area contributed by atoms with Gasteiger partial charge in [0.15, 0.2) is 9.84 Å². The van der Waals surface area contributed by atoms with E-state index in [1.807, 2.05) is 48.5 Å². The monoisotopic (exact) mass is 547 g/mol. The second kappa shape index (κ2) is 12.0. The third kappa shape index (κ3) is 6.76. The molecular weight excluding hydrogens is 514 g/mol. The Morgan fingerprint density at radius 1 is 1.13 bits per heavy atom. The minimum absolute atomic E-state index is 0.0602. The van der Waals surface area contributed by atoms with Gasteiger partial charge in [-0.3, -0.25) is 14.8 Å². The zero-order valence-corrected chi connectivity index (χ0v) is 22.5. The zero-order valence-electron chi connectivity index (χ0n) is 21.7. The van der Waals surface area contributed by atoms with Gasteiger partial charge in [-0.15, -0.1) is 0 Å². The van der Waals surface area contributed by atoms with Crippen LogP contribution in [0.15, 0.2) is 53.7 Å². The Hall–Kier alpha value is -3.32. The maximum Gasteiger partial charge on any atom is 0.268 e. The fraction of sp³-hybridized carbons (Fsp3) is 0.423. The van der Waals surface area contributed by atoms with Crippen molar-refractivity contribution in [2.45, 2.75) is 49.7 Å². The fourth-order valence-corrected chi connectivity index (χ4v) is 4.56. The summed E-state index contributed by atoms with van der Waals surface area (Å²) in [6, 6.07) is 15.4. The number of aliphatic hydroxyl groups excluding tert-OH is 1. The van der Waals surface area contributed by atoms with Crippen molar-refractivity contribution in [3.05, 3.63) is 59.7 Å². The third-order valence-electron chi connectivity index (χ3n) is 6.67. The SMILES string of the molecule is COC(CO)c1ccc(-c2ccc(C3=NO[C@H](C[C@@](C)(NC(=O)C(C)S(C)(=O)=O)C(=O)NO)C3)cc2)cc1. The first-order valence-electron chi connectivity index (χ1n) is 11.9. The highest BCUT2D eigenvalue weighted by atomic mass is 32.2. The number of oxime groups is 1. The molecule has 0 saturated carbocycles. The van der Waals surface area contributed by atoms with Gasteiger partial charge in [0.05, 0.1) is 12.3 Å². The van der Waals surface area contributed by atoms with Crippen molar-refractivity contribution in [3.8, 4) is 11.1 Å². The maximum atomic E-state index is 12.5. The number of ether oxygens (including phenoxy) is 1. The standard InChI is InChI=1S/C26H33N3O8S/c1-16(38(4,34)35)24(31)27-26(2,25(32)28-33)14-21-13-22(29-37-21)19-9-5-17(6-10-19)18-7-11-20(12-8-18)23(15-30)36-3/h5-12,16,21,23,30,33H,13-15H2,1-4H3,(H,27,31)(H,28,32)/t16?,21-,23?,26+/m0/s1. The van der Waals surface area contributed by atoms with E-state index in [9.17, 15) is 28.3 Å². The normalized spacial score (nSPS) is 18.5. The molecule has 2 unspecified atom stereocenters. The number of carbonyl (C=O) groups is 2. The van der Waals surface area contributed by atoms with E-state index in [0.29, 0.717) is 12.1 Å². The van der Waals surface area contributed by atoms with Crippen molar-refractivity contribution >= 4 is 27.4 Å². The predicted molar refractivity (Wildman–Crippen MR) is 140 cm³/mol. The van der Waals surface area contributed by atoms with Crippen LogP contribution in [0.3, 0.4) is 0 Å². The molecule has 0 aliphatic carbocycles. The van der Waals surface area contributed by atoms with Gasteiger partial charge in [0.1, 0.15) is 23.0 Å². The lowest BCUT2D eigenvalue weighted by Gasteiger charge is -2.31. The molecule has 0 fully saturated rings. The van der Waals surface area contributed by atoms with Gasteiger partial charge in [-0.2, -0.15) is 0 Å². The van der Waals surface area contributed by atoms with Gasteiger partial charge >= 0.3 is 0 Å². The molecule has 12 heteroatoms. The molecule has 4 N–H and O–H groups in total. The summed E-state index contributed by atoms with van der Waals surface area (Å²) < 4.78 is 28.8. The van der Waals surface area contributed by atoms with Crippen LogP contribution in [0.25, 0.3) is 11.1 Å². The van der Waals surface area contributed by atoms with Crippen molar-refractivity contribution < 1.29 is 37.9 Å². The number of rotatable bonds is 11. The van der Waals surface area contributed by atoms with E-state index in [1.165, 1.54) is 19.3 Å². The molecule has 2 amide bonds. The molecule has 0 radical (unpaired) electrons. The molecule has 0 bridgehead atoms. The van der Waals surface area contributed by atoms with Gasteiger partial charge in [0.2, 0.25) is 5.91 Å². The summed E-state index contributed by atoms with van der Waals surface area (Å²) in [5, 5.41) is 23.8. The van der Waals surface area contributed by atoms with Crippen molar-refractivity contribution in [1.29, 1.82) is 0 Å². The number of methoxy groups -OCH3 is 1. The molecule has 2 aromatic carbocycles. The van der Waals surface area contributed by atoms with Gasteiger partial charge in [0, 0.05) is 26.2 Å². The molecule has 38 heavy (non-hydrogen) atoms. The zero-order chi connectivity index (χ0) is 28.1. The van der Waals surface area contributed by atoms with Crippen LogP contribution in [0.2, 0.25) is 0 Å². The molecule has 206 valence electrons. The van der Waals surface area contributed by atoms with Gasteiger partial charge < -0.3 is 20.0 Å². The van der Waals surface area contributed by atoms with Crippen LogP contribution in [-0.4, -0.2) is 73.1 Å². The van der Waals surface area contributed by atoms with Crippen LogP contribution in [0.1, 0.15) is 43.9 Å². The van der Waals surface area contributed by atoms with Crippen molar-refractivity contribution in [3.63, 3.8) is 0 Å². The van der Waals surface area contributed by atoms with E-state index in [4.69, 9.17) is 9.57 Å². The Bertz CT molecular complexity index is 1270. The second-order valence-corrected chi connectivity index (χ2v) is 11.9. The molecule has 0 saturated heterocycles. The van der Waals surface area contributed by atoms with E-state index in [1.54, 1.807) is 7.11 Å². The molecule has 3 rings (SSSR count). The summed E-state index contributed by atoms with van der Waals surface area (Å²) in [5.41, 5.74) is 4.18. The summed E-state index contributed by atoms with van der Waals surface area (Å²) in [6.07, 6.45) is 0.222. The van der Waals surface area contributed by atoms with Gasteiger partial charge in [-0.1, -0.05) is 53.7 Å². The van der Waals surface area contributed by atoms with Crippen LogP contribution in [-0.2, 0) is 29.0 Å². The maximum absolute atomic E-state index is 12.5. The average molecular weight is 548 g/mol. The number of hydroxylamine groups is 1. The quantitative estimate of drug-likeness (QED) is 0.244. The molecular formula is C26H33N3O8S. The Balaban J connectivity index is 1.67. The third-order valence-corrected chi connectivity index (χ3v) is 8.16. The van der Waals surface area contributed by atoms with Crippen molar-refractivity contribution in [1.82, 2.24) is 10.8 Å². The Morgan fingerprint density at radius 2 is 1.68 bits per heavy atom. The highest BCUT2D eigenvalue weighted by Crippen LogP contribution is 2.27. The number of sulfone groups is 1. The first-order valence-corrected chi connectivity index (χ1v) is 13.9. The average Bonchev–Trinajstić information content (AvgIpc) is 3.36. The summed E-state index contributed by atoms with van der Waals surface area (Å²) in [4.78, 5) is 30.4. The lowest BCUT2D eigenvalue weighted by molar-refractivity contribution is -0.140. The molecule has 4 atom stereocenters. The van der Waals surface area contributed by atoms with Crippen molar-refractivity contribution in [2.24, 2.45) is 5.16 Å². The lowest BCUT2D eigenvalue weighted by Crippen LogP contribution is -2.59. The molecule has 1 aliphatic heterocycles. The second-order valence-electron chi connectivity index (χ2n) is 9.51. The minimum Gasteiger partial charge on any atom is -0.393 e. The van der Waals surface area contributed by atoms with Crippen molar-refractivity contribution in [2.75, 3.05) is 20.0 Å². The number of amides is 2.